The molecule has 0 unspecified atom stereocenters. The fraction of sp³-hybridized carbons (Fsp3) is 0. The number of rotatable bonds is 0. The minimum Gasteiger partial charge on any atom is -0.361 e. The van der Waals surface area contributed by atoms with Gasteiger partial charge in [-0.2, -0.15) is 0 Å². The zero-order chi connectivity index (χ0) is 8.55. The van der Waals surface area contributed by atoms with Crippen molar-refractivity contribution in [3.8, 4) is 0 Å². The summed E-state index contributed by atoms with van der Waals surface area (Å²) in [5.41, 5.74) is 1.07. The van der Waals surface area contributed by atoms with Crippen LogP contribution < -0.4 is 0 Å². The Labute approximate surface area is 83.6 Å². The topological polar surface area (TPSA) is 15.8 Å². The standard InChI is InChI=1S/C9H6BrNS/c10-6-1-2-7-8(5-6)11-4-3-9(7)12/h1-5H,(H,11,12). The number of H-pyrrole nitrogens is 1. The van der Waals surface area contributed by atoms with Crippen molar-refractivity contribution < 1.29 is 0 Å². The van der Waals surface area contributed by atoms with E-state index in [1.54, 1.807) is 0 Å². The van der Waals surface area contributed by atoms with Gasteiger partial charge in [-0.25, -0.2) is 0 Å². The highest BCUT2D eigenvalue weighted by molar-refractivity contribution is 9.10. The van der Waals surface area contributed by atoms with Gasteiger partial charge in [0.2, 0.25) is 0 Å². The van der Waals surface area contributed by atoms with Crippen LogP contribution in [-0.2, 0) is 0 Å². The average molecular weight is 240 g/mol. The molecule has 0 aliphatic heterocycles. The van der Waals surface area contributed by atoms with E-state index in [9.17, 15) is 0 Å². The minimum atomic E-state index is 0.885. The quantitative estimate of drug-likeness (QED) is 0.695. The second kappa shape index (κ2) is 2.99. The summed E-state index contributed by atoms with van der Waals surface area (Å²) in [5, 5.41) is 1.09. The summed E-state index contributed by atoms with van der Waals surface area (Å²) in [4.78, 5) is 3.14. The predicted octanol–water partition coefficient (Wildman–Crippen LogP) is 3.66. The minimum absolute atomic E-state index is 0.885. The molecular formula is C9H6BrNS. The van der Waals surface area contributed by atoms with Crippen LogP contribution in [0, 0.1) is 4.51 Å². The van der Waals surface area contributed by atoms with E-state index in [1.165, 1.54) is 0 Å². The van der Waals surface area contributed by atoms with Crippen LogP contribution in [0.25, 0.3) is 10.9 Å². The smallest absolute Gasteiger partial charge is 0.0484 e. The summed E-state index contributed by atoms with van der Waals surface area (Å²) in [5.74, 6) is 0. The normalized spacial score (nSPS) is 10.4. The molecule has 2 aromatic rings. The van der Waals surface area contributed by atoms with Crippen LogP contribution in [0.15, 0.2) is 34.9 Å². The average Bonchev–Trinajstić information content (AvgIpc) is 2.04. The lowest BCUT2D eigenvalue weighted by Gasteiger charge is -1.97. The molecule has 60 valence electrons. The highest BCUT2D eigenvalue weighted by Crippen LogP contribution is 2.18. The molecule has 1 heterocycles. The van der Waals surface area contributed by atoms with E-state index in [2.05, 4.69) is 20.9 Å². The van der Waals surface area contributed by atoms with Gasteiger partial charge in [-0.1, -0.05) is 34.2 Å². The van der Waals surface area contributed by atoms with Gasteiger partial charge in [0.05, 0.1) is 0 Å². The molecule has 1 nitrogen and oxygen atoms in total. The Balaban J connectivity index is 2.96. The number of nitrogens with one attached hydrogen (secondary N) is 1. The molecule has 0 spiro atoms. The van der Waals surface area contributed by atoms with Crippen molar-refractivity contribution in [2.75, 3.05) is 0 Å². The number of hydrogen-bond donors (Lipinski definition) is 1. The number of pyridine rings is 1. The Hall–Kier alpha value is -0.670. The Morgan fingerprint density at radius 3 is 2.92 bits per heavy atom. The first-order chi connectivity index (χ1) is 5.77. The summed E-state index contributed by atoms with van der Waals surface area (Å²) in [6, 6.07) is 7.92. The van der Waals surface area contributed by atoms with E-state index in [1.807, 2.05) is 30.5 Å². The Morgan fingerprint density at radius 1 is 1.25 bits per heavy atom. The predicted molar refractivity (Wildman–Crippen MR) is 56.8 cm³/mol. The van der Waals surface area contributed by atoms with Gasteiger partial charge in [0.15, 0.2) is 0 Å². The maximum atomic E-state index is 5.16. The third kappa shape index (κ3) is 1.30. The highest BCUT2D eigenvalue weighted by atomic mass is 79.9. The Kier molecular flexibility index (Phi) is 1.98. The third-order valence-electron chi connectivity index (χ3n) is 1.72. The lowest BCUT2D eigenvalue weighted by Crippen LogP contribution is -1.77. The lowest BCUT2D eigenvalue weighted by molar-refractivity contribution is 1.40. The van der Waals surface area contributed by atoms with Crippen LogP contribution in [-0.4, -0.2) is 4.98 Å². The summed E-state index contributed by atoms with van der Waals surface area (Å²) in [6.07, 6.45) is 1.86. The molecule has 12 heavy (non-hydrogen) atoms. The van der Waals surface area contributed by atoms with Crippen LogP contribution in [0.1, 0.15) is 0 Å². The van der Waals surface area contributed by atoms with Crippen LogP contribution in [0.5, 0.6) is 0 Å². The van der Waals surface area contributed by atoms with Gasteiger partial charge < -0.3 is 4.98 Å². The second-order valence-electron chi connectivity index (χ2n) is 2.53. The van der Waals surface area contributed by atoms with E-state index < -0.39 is 0 Å². The van der Waals surface area contributed by atoms with Crippen LogP contribution in [0.2, 0.25) is 0 Å². The molecule has 0 radical (unpaired) electrons. The number of halogens is 1. The molecule has 0 atom stereocenters. The molecule has 3 heteroatoms. The lowest BCUT2D eigenvalue weighted by atomic mass is 10.2. The SMILES string of the molecule is S=c1cc[nH]c2cc(Br)ccc12. The first kappa shape index (κ1) is 7.95. The van der Waals surface area contributed by atoms with Gasteiger partial charge in [-0.15, -0.1) is 0 Å². The second-order valence-corrected chi connectivity index (χ2v) is 3.89. The molecule has 1 N–H and O–H groups in total. The number of aromatic amines is 1. The van der Waals surface area contributed by atoms with Crippen molar-refractivity contribution in [3.63, 3.8) is 0 Å². The van der Waals surface area contributed by atoms with Crippen molar-refractivity contribution in [2.45, 2.75) is 0 Å². The molecule has 0 saturated carbocycles. The molecule has 0 fully saturated rings. The number of fused-ring (bicyclic) bond motifs is 1. The van der Waals surface area contributed by atoms with Crippen LogP contribution >= 0.6 is 28.1 Å². The first-order valence-corrected chi connectivity index (χ1v) is 4.74. The monoisotopic (exact) mass is 239 g/mol. The summed E-state index contributed by atoms with van der Waals surface area (Å²) >= 11 is 8.56. The fourth-order valence-corrected chi connectivity index (χ4v) is 1.75. The summed E-state index contributed by atoms with van der Waals surface area (Å²) in [7, 11) is 0. The van der Waals surface area contributed by atoms with E-state index in [0.717, 1.165) is 19.9 Å². The number of benzene rings is 1. The zero-order valence-electron chi connectivity index (χ0n) is 6.17. The third-order valence-corrected chi connectivity index (χ3v) is 2.57. The molecule has 0 bridgehead atoms. The molecule has 0 aliphatic rings. The van der Waals surface area contributed by atoms with Crippen molar-refractivity contribution in [1.29, 1.82) is 0 Å². The molecule has 0 aliphatic carbocycles. The largest absolute Gasteiger partial charge is 0.361 e. The zero-order valence-corrected chi connectivity index (χ0v) is 8.58. The maximum absolute atomic E-state index is 5.16. The van der Waals surface area contributed by atoms with E-state index >= 15 is 0 Å². The Morgan fingerprint density at radius 2 is 2.08 bits per heavy atom. The molecule has 0 amide bonds. The van der Waals surface area contributed by atoms with Gasteiger partial charge in [0.1, 0.15) is 0 Å². The van der Waals surface area contributed by atoms with Crippen molar-refractivity contribution >= 4 is 39.1 Å². The van der Waals surface area contributed by atoms with Gasteiger partial charge >= 0.3 is 0 Å². The molecule has 2 rings (SSSR count). The number of aromatic nitrogens is 1. The van der Waals surface area contributed by atoms with Gasteiger partial charge in [0.25, 0.3) is 0 Å². The fourth-order valence-electron chi connectivity index (χ4n) is 1.15. The highest BCUT2D eigenvalue weighted by Gasteiger charge is 1.94. The van der Waals surface area contributed by atoms with E-state index in [0.29, 0.717) is 0 Å². The van der Waals surface area contributed by atoms with Crippen molar-refractivity contribution in [2.24, 2.45) is 0 Å². The molecule has 1 aromatic carbocycles. The first-order valence-electron chi connectivity index (χ1n) is 3.54. The maximum Gasteiger partial charge on any atom is 0.0484 e. The van der Waals surface area contributed by atoms with Crippen LogP contribution in [0.3, 0.4) is 0 Å². The van der Waals surface area contributed by atoms with Crippen LogP contribution in [0.4, 0.5) is 0 Å². The van der Waals surface area contributed by atoms with E-state index in [-0.39, 0.29) is 0 Å². The Bertz CT molecular complexity index is 475. The molecule has 0 saturated heterocycles. The molecule has 1 aromatic heterocycles. The summed E-state index contributed by atoms with van der Waals surface area (Å²) < 4.78 is 1.95. The van der Waals surface area contributed by atoms with Gasteiger partial charge in [-0.3, -0.25) is 0 Å². The van der Waals surface area contributed by atoms with Crippen molar-refractivity contribution in [3.05, 3.63) is 39.4 Å². The summed E-state index contributed by atoms with van der Waals surface area (Å²) in [6.45, 7) is 0. The van der Waals surface area contributed by atoms with Gasteiger partial charge in [-0.05, 0) is 18.2 Å². The van der Waals surface area contributed by atoms with Gasteiger partial charge in [0, 0.05) is 26.1 Å². The molecular weight excluding hydrogens is 234 g/mol. The number of hydrogen-bond acceptors (Lipinski definition) is 1. The van der Waals surface area contributed by atoms with Crippen molar-refractivity contribution in [1.82, 2.24) is 4.98 Å². The van der Waals surface area contributed by atoms with E-state index in [4.69, 9.17) is 12.2 Å².